The molecule has 0 spiro atoms. The second-order valence-electron chi connectivity index (χ2n) is 6.19. The number of nitrogens with one attached hydrogen (secondary N) is 1. The van der Waals surface area contributed by atoms with E-state index in [-0.39, 0.29) is 18.0 Å². The lowest BCUT2D eigenvalue weighted by atomic mass is 10.2. The molecule has 3 aromatic rings. The zero-order valence-electron chi connectivity index (χ0n) is 14.9. The Hall–Kier alpha value is -2.60. The van der Waals surface area contributed by atoms with Gasteiger partial charge in [0.25, 0.3) is 5.56 Å². The molecule has 1 amide bonds. The van der Waals surface area contributed by atoms with E-state index in [1.807, 2.05) is 6.07 Å². The minimum absolute atomic E-state index is 0.0282. The van der Waals surface area contributed by atoms with Crippen LogP contribution in [0.3, 0.4) is 0 Å². The van der Waals surface area contributed by atoms with E-state index in [9.17, 15) is 9.59 Å². The van der Waals surface area contributed by atoms with E-state index in [1.54, 1.807) is 41.9 Å². The summed E-state index contributed by atoms with van der Waals surface area (Å²) >= 11 is 1.66. The summed E-state index contributed by atoms with van der Waals surface area (Å²) in [6, 6.07) is 15.5. The molecule has 0 saturated heterocycles. The number of rotatable bonds is 6. The van der Waals surface area contributed by atoms with E-state index in [0.717, 1.165) is 4.90 Å². The molecular weight excluding hydrogens is 346 g/mol. The molecule has 0 radical (unpaired) electrons. The van der Waals surface area contributed by atoms with Crippen LogP contribution in [0.5, 0.6) is 0 Å². The van der Waals surface area contributed by atoms with Crippen LogP contribution in [0, 0.1) is 6.92 Å². The van der Waals surface area contributed by atoms with Crippen molar-refractivity contribution in [1.29, 1.82) is 0 Å². The lowest BCUT2D eigenvalue weighted by Crippen LogP contribution is -2.28. The van der Waals surface area contributed by atoms with E-state index in [1.165, 1.54) is 5.56 Å². The van der Waals surface area contributed by atoms with Crippen molar-refractivity contribution in [2.45, 2.75) is 24.8 Å². The fourth-order valence-corrected chi connectivity index (χ4v) is 3.45. The van der Waals surface area contributed by atoms with Crippen LogP contribution in [-0.2, 0) is 11.3 Å². The average molecular weight is 367 g/mol. The monoisotopic (exact) mass is 367 g/mol. The number of aromatic nitrogens is 2. The van der Waals surface area contributed by atoms with Crippen LogP contribution >= 0.6 is 11.8 Å². The first-order chi connectivity index (χ1) is 12.5. The molecule has 0 saturated carbocycles. The number of benzene rings is 2. The van der Waals surface area contributed by atoms with Crippen molar-refractivity contribution in [3.05, 3.63) is 70.3 Å². The molecule has 1 aromatic heterocycles. The Morgan fingerprint density at radius 2 is 1.88 bits per heavy atom. The van der Waals surface area contributed by atoms with Gasteiger partial charge in [-0.05, 0) is 31.2 Å². The summed E-state index contributed by atoms with van der Waals surface area (Å²) in [5, 5.41) is 0.555. The number of thioether (sulfide) groups is 1. The van der Waals surface area contributed by atoms with Crippen molar-refractivity contribution in [3.63, 3.8) is 0 Å². The normalized spacial score (nSPS) is 10.8. The quantitative estimate of drug-likeness (QED) is 0.679. The van der Waals surface area contributed by atoms with Gasteiger partial charge in [0.2, 0.25) is 5.91 Å². The fourth-order valence-electron chi connectivity index (χ4n) is 2.60. The van der Waals surface area contributed by atoms with Crippen molar-refractivity contribution < 1.29 is 4.79 Å². The average Bonchev–Trinajstić information content (AvgIpc) is 2.63. The van der Waals surface area contributed by atoms with Gasteiger partial charge in [-0.25, -0.2) is 4.98 Å². The van der Waals surface area contributed by atoms with Crippen LogP contribution in [0.4, 0.5) is 0 Å². The largest absolute Gasteiger partial charge is 0.338 e. The Bertz CT molecular complexity index is 967. The molecule has 6 heteroatoms. The molecule has 0 aliphatic rings. The lowest BCUT2D eigenvalue weighted by Gasteiger charge is -2.16. The molecular formula is C20H21N3O2S. The maximum absolute atomic E-state index is 12.3. The molecule has 5 nitrogen and oxygen atoms in total. The van der Waals surface area contributed by atoms with E-state index >= 15 is 0 Å². The molecule has 0 atom stereocenters. The van der Waals surface area contributed by atoms with Gasteiger partial charge in [-0.3, -0.25) is 9.59 Å². The van der Waals surface area contributed by atoms with E-state index in [4.69, 9.17) is 0 Å². The Balaban J connectivity index is 1.57. The second kappa shape index (κ2) is 8.19. The van der Waals surface area contributed by atoms with E-state index in [0.29, 0.717) is 28.9 Å². The highest BCUT2D eigenvalue weighted by Crippen LogP contribution is 2.19. The number of hydrogen-bond acceptors (Lipinski definition) is 4. The van der Waals surface area contributed by atoms with Gasteiger partial charge in [-0.15, -0.1) is 11.8 Å². The molecule has 1 heterocycles. The summed E-state index contributed by atoms with van der Waals surface area (Å²) in [5.41, 5.74) is 1.69. The summed E-state index contributed by atoms with van der Waals surface area (Å²) < 4.78 is 0. The van der Waals surface area contributed by atoms with Gasteiger partial charge in [0.15, 0.2) is 0 Å². The van der Waals surface area contributed by atoms with Crippen LogP contribution < -0.4 is 5.56 Å². The van der Waals surface area contributed by atoms with Gasteiger partial charge in [0.05, 0.1) is 17.4 Å². The molecule has 0 bridgehead atoms. The molecule has 0 aliphatic heterocycles. The van der Waals surface area contributed by atoms with Crippen molar-refractivity contribution in [2.75, 3.05) is 12.8 Å². The zero-order chi connectivity index (χ0) is 18.5. The smallest absolute Gasteiger partial charge is 0.258 e. The van der Waals surface area contributed by atoms with Crippen molar-refractivity contribution in [3.8, 4) is 0 Å². The predicted octanol–water partition coefficient (Wildman–Crippen LogP) is 3.37. The summed E-state index contributed by atoms with van der Waals surface area (Å²) in [4.78, 5) is 34.4. The van der Waals surface area contributed by atoms with Gasteiger partial charge in [0, 0.05) is 24.1 Å². The van der Waals surface area contributed by atoms with Crippen LogP contribution in [0.2, 0.25) is 0 Å². The van der Waals surface area contributed by atoms with Crippen molar-refractivity contribution in [1.82, 2.24) is 14.9 Å². The number of para-hydroxylation sites is 1. The van der Waals surface area contributed by atoms with Gasteiger partial charge in [-0.1, -0.05) is 29.8 Å². The highest BCUT2D eigenvalue weighted by molar-refractivity contribution is 7.99. The Morgan fingerprint density at radius 1 is 1.15 bits per heavy atom. The number of H-pyrrole nitrogens is 1. The second-order valence-corrected chi connectivity index (χ2v) is 7.36. The number of fused-ring (bicyclic) bond motifs is 1. The molecule has 0 fully saturated rings. The molecule has 1 N–H and O–H groups in total. The summed E-state index contributed by atoms with van der Waals surface area (Å²) in [7, 11) is 1.73. The molecule has 134 valence electrons. The molecule has 26 heavy (non-hydrogen) atoms. The van der Waals surface area contributed by atoms with Gasteiger partial charge in [0.1, 0.15) is 5.82 Å². The standard InChI is InChI=1S/C20H21N3O2S/c1-14-7-9-15(10-8-14)26-12-11-19(24)23(2)13-18-21-17-6-4-3-5-16(17)20(25)22-18/h3-10H,11-13H2,1-2H3,(H,21,22,25). The topological polar surface area (TPSA) is 66.1 Å². The molecule has 2 aromatic carbocycles. The van der Waals surface area contributed by atoms with Gasteiger partial charge < -0.3 is 9.88 Å². The minimum Gasteiger partial charge on any atom is -0.338 e. The first-order valence-corrected chi connectivity index (χ1v) is 9.43. The molecule has 3 rings (SSSR count). The summed E-state index contributed by atoms with van der Waals surface area (Å²) in [6.07, 6.45) is 0.437. The third-order valence-corrected chi connectivity index (χ3v) is 5.09. The summed E-state index contributed by atoms with van der Waals surface area (Å²) in [6.45, 7) is 2.34. The Labute approximate surface area is 156 Å². The van der Waals surface area contributed by atoms with E-state index in [2.05, 4.69) is 41.2 Å². The Morgan fingerprint density at radius 3 is 2.65 bits per heavy atom. The summed E-state index contributed by atoms with van der Waals surface area (Å²) in [5.74, 6) is 1.24. The Kier molecular flexibility index (Phi) is 5.73. The zero-order valence-corrected chi connectivity index (χ0v) is 15.7. The number of aromatic amines is 1. The van der Waals surface area contributed by atoms with Crippen molar-refractivity contribution >= 4 is 28.6 Å². The lowest BCUT2D eigenvalue weighted by molar-refractivity contribution is -0.130. The maximum Gasteiger partial charge on any atom is 0.258 e. The first-order valence-electron chi connectivity index (χ1n) is 8.44. The van der Waals surface area contributed by atoms with Crippen LogP contribution in [0.1, 0.15) is 17.8 Å². The number of nitrogens with zero attached hydrogens (tertiary/aromatic N) is 2. The highest BCUT2D eigenvalue weighted by atomic mass is 32.2. The van der Waals surface area contributed by atoms with Crippen molar-refractivity contribution in [2.24, 2.45) is 0 Å². The third kappa shape index (κ3) is 4.52. The van der Waals surface area contributed by atoms with E-state index < -0.39 is 0 Å². The SMILES string of the molecule is Cc1ccc(SCCC(=O)N(C)Cc2nc3ccccc3c(=O)[nH]2)cc1. The molecule has 0 unspecified atom stereocenters. The first kappa shape index (κ1) is 18.2. The fraction of sp³-hybridized carbons (Fsp3) is 0.250. The number of carbonyl (C=O) groups is 1. The van der Waals surface area contributed by atoms with Gasteiger partial charge in [-0.2, -0.15) is 0 Å². The van der Waals surface area contributed by atoms with Crippen LogP contribution in [-0.4, -0.2) is 33.6 Å². The molecule has 0 aliphatic carbocycles. The predicted molar refractivity (Wildman–Crippen MR) is 105 cm³/mol. The van der Waals surface area contributed by atoms with Crippen LogP contribution in [0.25, 0.3) is 10.9 Å². The number of hydrogen-bond donors (Lipinski definition) is 1. The number of carbonyl (C=O) groups excluding carboxylic acids is 1. The third-order valence-electron chi connectivity index (χ3n) is 4.08. The maximum atomic E-state index is 12.3. The minimum atomic E-state index is -0.179. The van der Waals surface area contributed by atoms with Crippen LogP contribution in [0.15, 0.2) is 58.2 Å². The number of amides is 1. The highest BCUT2D eigenvalue weighted by Gasteiger charge is 2.12. The van der Waals surface area contributed by atoms with Gasteiger partial charge >= 0.3 is 0 Å². The number of aryl methyl sites for hydroxylation is 1.